The average Bonchev–Trinajstić information content (AvgIpc) is 2.63. The van der Waals surface area contributed by atoms with Crippen LogP contribution in [0.2, 0.25) is 0 Å². The fourth-order valence-electron chi connectivity index (χ4n) is 2.73. The molecule has 1 fully saturated rings. The third-order valence-corrected chi connectivity index (χ3v) is 3.91. The van der Waals surface area contributed by atoms with E-state index in [-0.39, 0.29) is 11.9 Å². The zero-order valence-corrected chi connectivity index (χ0v) is 13.0. The number of esters is 1. The number of anilines is 1. The van der Waals surface area contributed by atoms with Crippen LogP contribution in [0.3, 0.4) is 0 Å². The molecule has 0 bridgehead atoms. The smallest absolute Gasteiger partial charge is 0.316 e. The molecule has 2 heterocycles. The normalized spacial score (nSPS) is 17.6. The summed E-state index contributed by atoms with van der Waals surface area (Å²) in [5.74, 6) is 1.39. The Labute approximate surface area is 135 Å². The molecule has 0 radical (unpaired) electrons. The SMILES string of the molecule is COc1ccccc1OC(=O)[C@H]1CCCN(c2cnccn2)C1. The van der Waals surface area contributed by atoms with E-state index in [1.807, 2.05) is 12.1 Å². The summed E-state index contributed by atoms with van der Waals surface area (Å²) < 4.78 is 10.8. The molecule has 0 saturated carbocycles. The largest absolute Gasteiger partial charge is 0.493 e. The van der Waals surface area contributed by atoms with E-state index >= 15 is 0 Å². The summed E-state index contributed by atoms with van der Waals surface area (Å²) in [5.41, 5.74) is 0. The Morgan fingerprint density at radius 2 is 2.09 bits per heavy atom. The minimum Gasteiger partial charge on any atom is -0.493 e. The molecular formula is C17H19N3O3. The number of carbonyl (C=O) groups is 1. The van der Waals surface area contributed by atoms with Gasteiger partial charge in [0.25, 0.3) is 0 Å². The van der Waals surface area contributed by atoms with Crippen LogP contribution in [0.1, 0.15) is 12.8 Å². The van der Waals surface area contributed by atoms with Gasteiger partial charge in [-0.2, -0.15) is 0 Å². The Hall–Kier alpha value is -2.63. The first-order valence-corrected chi connectivity index (χ1v) is 7.63. The zero-order valence-electron chi connectivity index (χ0n) is 13.0. The lowest BCUT2D eigenvalue weighted by Crippen LogP contribution is -2.40. The summed E-state index contributed by atoms with van der Waals surface area (Å²) in [6, 6.07) is 7.17. The number of aromatic nitrogens is 2. The molecule has 1 saturated heterocycles. The highest BCUT2D eigenvalue weighted by atomic mass is 16.6. The third-order valence-electron chi connectivity index (χ3n) is 3.91. The lowest BCUT2D eigenvalue weighted by molar-refractivity contribution is -0.139. The lowest BCUT2D eigenvalue weighted by Gasteiger charge is -2.32. The standard InChI is InChI=1S/C17H19N3O3/c1-22-14-6-2-3-7-15(14)23-17(21)13-5-4-10-20(12-13)16-11-18-8-9-19-16/h2-3,6-9,11,13H,4-5,10,12H2,1H3/t13-/m0/s1. The third kappa shape index (κ3) is 3.59. The van der Waals surface area contributed by atoms with Gasteiger partial charge in [0.2, 0.25) is 0 Å². The van der Waals surface area contributed by atoms with Crippen molar-refractivity contribution >= 4 is 11.8 Å². The fraction of sp³-hybridized carbons (Fsp3) is 0.353. The summed E-state index contributed by atoms with van der Waals surface area (Å²) in [5, 5.41) is 0. The number of piperidine rings is 1. The Morgan fingerprint density at radius 1 is 1.26 bits per heavy atom. The zero-order chi connectivity index (χ0) is 16.1. The number of benzene rings is 1. The van der Waals surface area contributed by atoms with E-state index in [1.54, 1.807) is 37.8 Å². The number of hydrogen-bond acceptors (Lipinski definition) is 6. The number of carbonyl (C=O) groups excluding carboxylic acids is 1. The maximum absolute atomic E-state index is 12.5. The Bertz CT molecular complexity index is 663. The van der Waals surface area contributed by atoms with E-state index in [2.05, 4.69) is 14.9 Å². The molecule has 0 aliphatic carbocycles. The fourth-order valence-corrected chi connectivity index (χ4v) is 2.73. The van der Waals surface area contributed by atoms with E-state index in [0.29, 0.717) is 18.0 Å². The monoisotopic (exact) mass is 313 g/mol. The van der Waals surface area contributed by atoms with Crippen LogP contribution >= 0.6 is 0 Å². The number of rotatable bonds is 4. The topological polar surface area (TPSA) is 64.6 Å². The number of hydrogen-bond donors (Lipinski definition) is 0. The molecule has 0 unspecified atom stereocenters. The molecule has 6 nitrogen and oxygen atoms in total. The van der Waals surface area contributed by atoms with Crippen LogP contribution in [0.5, 0.6) is 11.5 Å². The number of methoxy groups -OCH3 is 1. The molecule has 1 aromatic carbocycles. The number of para-hydroxylation sites is 2. The quantitative estimate of drug-likeness (QED) is 0.637. The van der Waals surface area contributed by atoms with Gasteiger partial charge >= 0.3 is 5.97 Å². The highest BCUT2D eigenvalue weighted by Gasteiger charge is 2.28. The van der Waals surface area contributed by atoms with Crippen LogP contribution in [0.15, 0.2) is 42.9 Å². The number of ether oxygens (including phenoxy) is 2. The van der Waals surface area contributed by atoms with Gasteiger partial charge in [-0.1, -0.05) is 12.1 Å². The van der Waals surface area contributed by atoms with Gasteiger partial charge in [0, 0.05) is 25.5 Å². The summed E-state index contributed by atoms with van der Waals surface area (Å²) in [7, 11) is 1.56. The molecule has 23 heavy (non-hydrogen) atoms. The van der Waals surface area contributed by atoms with Crippen molar-refractivity contribution in [2.75, 3.05) is 25.1 Å². The Balaban J connectivity index is 1.68. The van der Waals surface area contributed by atoms with Crippen LogP contribution in [-0.2, 0) is 4.79 Å². The van der Waals surface area contributed by atoms with Crippen molar-refractivity contribution in [3.63, 3.8) is 0 Å². The Morgan fingerprint density at radius 3 is 2.83 bits per heavy atom. The molecule has 3 rings (SSSR count). The predicted molar refractivity (Wildman–Crippen MR) is 85.6 cm³/mol. The molecule has 1 aliphatic heterocycles. The first-order valence-electron chi connectivity index (χ1n) is 7.63. The van der Waals surface area contributed by atoms with E-state index in [4.69, 9.17) is 9.47 Å². The van der Waals surface area contributed by atoms with Crippen LogP contribution in [0, 0.1) is 5.92 Å². The summed E-state index contributed by atoms with van der Waals surface area (Å²) in [4.78, 5) is 22.9. The van der Waals surface area contributed by atoms with Crippen molar-refractivity contribution in [2.45, 2.75) is 12.8 Å². The molecule has 0 amide bonds. The molecular weight excluding hydrogens is 294 g/mol. The molecule has 2 aromatic rings. The van der Waals surface area contributed by atoms with Gasteiger partial charge in [0.15, 0.2) is 11.5 Å². The average molecular weight is 313 g/mol. The van der Waals surface area contributed by atoms with Crippen molar-refractivity contribution in [2.24, 2.45) is 5.92 Å². The van der Waals surface area contributed by atoms with Gasteiger partial charge in [-0.05, 0) is 25.0 Å². The molecule has 1 aromatic heterocycles. The minimum absolute atomic E-state index is 0.185. The molecule has 0 spiro atoms. The van der Waals surface area contributed by atoms with Crippen molar-refractivity contribution < 1.29 is 14.3 Å². The van der Waals surface area contributed by atoms with E-state index in [1.165, 1.54) is 0 Å². The second-order valence-electron chi connectivity index (χ2n) is 5.42. The molecule has 0 N–H and O–H groups in total. The van der Waals surface area contributed by atoms with Gasteiger partial charge in [-0.3, -0.25) is 9.78 Å². The van der Waals surface area contributed by atoms with Crippen LogP contribution in [0.25, 0.3) is 0 Å². The molecule has 1 atom stereocenters. The van der Waals surface area contributed by atoms with E-state index < -0.39 is 0 Å². The van der Waals surface area contributed by atoms with E-state index in [9.17, 15) is 4.79 Å². The molecule has 1 aliphatic rings. The molecule has 6 heteroatoms. The van der Waals surface area contributed by atoms with Crippen molar-refractivity contribution in [3.8, 4) is 11.5 Å². The van der Waals surface area contributed by atoms with Gasteiger partial charge in [-0.25, -0.2) is 4.98 Å². The lowest BCUT2D eigenvalue weighted by atomic mass is 9.98. The first-order chi connectivity index (χ1) is 11.3. The highest BCUT2D eigenvalue weighted by molar-refractivity contribution is 5.76. The maximum Gasteiger partial charge on any atom is 0.316 e. The number of nitrogens with zero attached hydrogens (tertiary/aromatic N) is 3. The van der Waals surface area contributed by atoms with Crippen LogP contribution < -0.4 is 14.4 Å². The van der Waals surface area contributed by atoms with Gasteiger partial charge in [0.05, 0.1) is 19.2 Å². The maximum atomic E-state index is 12.5. The van der Waals surface area contributed by atoms with Crippen molar-refractivity contribution in [1.29, 1.82) is 0 Å². The van der Waals surface area contributed by atoms with Gasteiger partial charge in [-0.15, -0.1) is 0 Å². The van der Waals surface area contributed by atoms with Gasteiger partial charge < -0.3 is 14.4 Å². The van der Waals surface area contributed by atoms with Crippen LogP contribution in [-0.4, -0.2) is 36.1 Å². The van der Waals surface area contributed by atoms with Crippen LogP contribution in [0.4, 0.5) is 5.82 Å². The van der Waals surface area contributed by atoms with E-state index in [0.717, 1.165) is 25.2 Å². The predicted octanol–water partition coefficient (Wildman–Crippen LogP) is 2.31. The van der Waals surface area contributed by atoms with Crippen molar-refractivity contribution in [3.05, 3.63) is 42.9 Å². The summed E-state index contributed by atoms with van der Waals surface area (Å²) >= 11 is 0. The summed E-state index contributed by atoms with van der Waals surface area (Å²) in [6.07, 6.45) is 6.74. The minimum atomic E-state index is -0.233. The van der Waals surface area contributed by atoms with Gasteiger partial charge in [0.1, 0.15) is 5.82 Å². The summed E-state index contributed by atoms with van der Waals surface area (Å²) in [6.45, 7) is 1.46. The van der Waals surface area contributed by atoms with Crippen molar-refractivity contribution in [1.82, 2.24) is 9.97 Å². The first kappa shape index (κ1) is 15.3. The molecule has 120 valence electrons. The highest BCUT2D eigenvalue weighted by Crippen LogP contribution is 2.28. The Kier molecular flexibility index (Phi) is 4.71. The second kappa shape index (κ2) is 7.09. The second-order valence-corrected chi connectivity index (χ2v) is 5.42.